The fourth-order valence-corrected chi connectivity index (χ4v) is 5.16. The topological polar surface area (TPSA) is 38.7 Å². The van der Waals surface area contributed by atoms with Crippen molar-refractivity contribution in [2.45, 2.75) is 110 Å². The van der Waals surface area contributed by atoms with E-state index < -0.39 is 0 Å². The molecule has 1 fully saturated rings. The summed E-state index contributed by atoms with van der Waals surface area (Å²) in [5, 5.41) is 10.5. The molecule has 34 heavy (non-hydrogen) atoms. The van der Waals surface area contributed by atoms with Gasteiger partial charge >= 0.3 is 0 Å². The summed E-state index contributed by atoms with van der Waals surface area (Å²) < 4.78 is 11.9. The Labute approximate surface area is 207 Å². The van der Waals surface area contributed by atoms with Gasteiger partial charge in [0.05, 0.1) is 6.61 Å². The molecule has 188 valence electrons. The van der Waals surface area contributed by atoms with Crippen molar-refractivity contribution in [2.75, 3.05) is 6.61 Å². The second-order valence-corrected chi connectivity index (χ2v) is 10.4. The predicted octanol–water partition coefficient (Wildman–Crippen LogP) is 8.91. The van der Waals surface area contributed by atoms with Crippen molar-refractivity contribution in [3.63, 3.8) is 0 Å². The maximum Gasteiger partial charge on any atom is 0.196 e. The van der Waals surface area contributed by atoms with Crippen LogP contribution in [0.5, 0.6) is 11.5 Å². The van der Waals surface area contributed by atoms with Gasteiger partial charge in [-0.2, -0.15) is 0 Å². The first kappa shape index (κ1) is 26.6. The number of hydrogen-bond acceptors (Lipinski definition) is 3. The van der Waals surface area contributed by atoms with Crippen molar-refractivity contribution < 1.29 is 14.6 Å². The highest BCUT2D eigenvalue weighted by molar-refractivity contribution is 5.40. The molecule has 0 aromatic heterocycles. The van der Waals surface area contributed by atoms with E-state index in [0.29, 0.717) is 23.5 Å². The van der Waals surface area contributed by atoms with Crippen LogP contribution in [-0.2, 0) is 4.74 Å². The number of phenolic OH excluding ortho intramolecular Hbond substituents is 1. The lowest BCUT2D eigenvalue weighted by Crippen LogP contribution is -2.18. The zero-order chi connectivity index (χ0) is 24.5. The molecule has 0 spiro atoms. The highest BCUT2D eigenvalue weighted by atomic mass is 16.7. The van der Waals surface area contributed by atoms with E-state index in [-0.39, 0.29) is 6.29 Å². The molecule has 1 saturated carbocycles. The number of aromatic hydroxyl groups is 1. The zero-order valence-corrected chi connectivity index (χ0v) is 22.1. The third kappa shape index (κ3) is 7.50. The smallest absolute Gasteiger partial charge is 0.196 e. The Morgan fingerprint density at radius 3 is 2.12 bits per heavy atom. The third-order valence-electron chi connectivity index (χ3n) is 7.99. The van der Waals surface area contributed by atoms with E-state index in [1.165, 1.54) is 48.8 Å². The Kier molecular flexibility index (Phi) is 10.3. The van der Waals surface area contributed by atoms with E-state index in [9.17, 15) is 5.11 Å². The summed E-state index contributed by atoms with van der Waals surface area (Å²) in [5.74, 6) is 3.75. The van der Waals surface area contributed by atoms with E-state index in [4.69, 9.17) is 9.47 Å². The predicted molar refractivity (Wildman–Crippen MR) is 142 cm³/mol. The molecule has 1 aliphatic carbocycles. The first-order valence-electron chi connectivity index (χ1n) is 13.6. The Morgan fingerprint density at radius 2 is 1.47 bits per heavy atom. The first-order chi connectivity index (χ1) is 16.4. The summed E-state index contributed by atoms with van der Waals surface area (Å²) in [5.41, 5.74) is 3.89. The molecule has 0 amide bonds. The average molecular weight is 467 g/mol. The van der Waals surface area contributed by atoms with Gasteiger partial charge in [0.2, 0.25) is 0 Å². The van der Waals surface area contributed by atoms with Crippen molar-refractivity contribution in [3.8, 4) is 11.5 Å². The van der Waals surface area contributed by atoms with Gasteiger partial charge in [-0.15, -0.1) is 0 Å². The molecule has 3 unspecified atom stereocenters. The molecule has 1 N–H and O–H groups in total. The SMILES string of the molecule is CCC(C)c1ccc(OC(C)OCCCC2CCC(c3cc(C(C)CC)ccc3O)CC2)cc1. The summed E-state index contributed by atoms with van der Waals surface area (Å²) in [6.07, 6.45) is 9.17. The summed E-state index contributed by atoms with van der Waals surface area (Å²) in [7, 11) is 0. The Bertz CT molecular complexity index is 851. The summed E-state index contributed by atoms with van der Waals surface area (Å²) in [6, 6.07) is 14.7. The third-order valence-corrected chi connectivity index (χ3v) is 7.99. The van der Waals surface area contributed by atoms with Gasteiger partial charge in [-0.25, -0.2) is 0 Å². The van der Waals surface area contributed by atoms with Gasteiger partial charge in [-0.1, -0.05) is 52.0 Å². The number of hydrogen-bond donors (Lipinski definition) is 1. The van der Waals surface area contributed by atoms with Crippen LogP contribution in [0.4, 0.5) is 0 Å². The largest absolute Gasteiger partial charge is 0.508 e. The molecule has 0 saturated heterocycles. The Morgan fingerprint density at radius 1 is 0.853 bits per heavy atom. The van der Waals surface area contributed by atoms with Crippen LogP contribution in [0.25, 0.3) is 0 Å². The second kappa shape index (κ2) is 13.2. The van der Waals surface area contributed by atoms with Crippen molar-refractivity contribution in [1.82, 2.24) is 0 Å². The van der Waals surface area contributed by atoms with Gasteiger partial charge in [0.1, 0.15) is 11.5 Å². The molecule has 3 atom stereocenters. The van der Waals surface area contributed by atoms with Crippen molar-refractivity contribution >= 4 is 0 Å². The minimum absolute atomic E-state index is 0.231. The van der Waals surface area contributed by atoms with Gasteiger partial charge in [0, 0.05) is 0 Å². The molecular formula is C31H46O3. The van der Waals surface area contributed by atoms with Gasteiger partial charge < -0.3 is 14.6 Å². The maximum absolute atomic E-state index is 10.5. The van der Waals surface area contributed by atoms with Crippen molar-refractivity contribution in [2.24, 2.45) is 5.92 Å². The van der Waals surface area contributed by atoms with Gasteiger partial charge in [-0.3, -0.25) is 0 Å². The fourth-order valence-electron chi connectivity index (χ4n) is 5.16. The Balaban J connectivity index is 1.36. The highest BCUT2D eigenvalue weighted by Crippen LogP contribution is 2.41. The number of phenols is 1. The van der Waals surface area contributed by atoms with Gasteiger partial charge in [-0.05, 0) is 117 Å². The first-order valence-corrected chi connectivity index (χ1v) is 13.6. The molecule has 0 aliphatic heterocycles. The van der Waals surface area contributed by atoms with E-state index in [0.717, 1.165) is 37.5 Å². The second-order valence-electron chi connectivity index (χ2n) is 10.4. The van der Waals surface area contributed by atoms with Crippen LogP contribution < -0.4 is 4.74 Å². The molecule has 2 aromatic carbocycles. The molecule has 0 bridgehead atoms. The number of benzene rings is 2. The average Bonchev–Trinajstić information content (AvgIpc) is 2.87. The van der Waals surface area contributed by atoms with Gasteiger partial charge in [0.15, 0.2) is 6.29 Å². The van der Waals surface area contributed by atoms with Crippen molar-refractivity contribution in [1.29, 1.82) is 0 Å². The van der Waals surface area contributed by atoms with Crippen LogP contribution >= 0.6 is 0 Å². The minimum Gasteiger partial charge on any atom is -0.508 e. The van der Waals surface area contributed by atoms with E-state index in [1.807, 2.05) is 13.0 Å². The number of ether oxygens (including phenoxy) is 2. The van der Waals surface area contributed by atoms with E-state index in [1.54, 1.807) is 0 Å². The lowest BCUT2D eigenvalue weighted by Gasteiger charge is -2.30. The molecule has 3 rings (SSSR count). The molecule has 3 heteroatoms. The molecule has 2 aromatic rings. The standard InChI is InChI=1S/C31H46O3/c1-6-22(3)26-14-17-29(18-15-26)34-24(5)33-20-8-9-25-10-12-27(13-11-25)30-21-28(23(4)7-2)16-19-31(30)32/h14-19,21-25,27,32H,6-13,20H2,1-5H3. The monoisotopic (exact) mass is 466 g/mol. The molecule has 1 aliphatic rings. The van der Waals surface area contributed by atoms with Crippen molar-refractivity contribution in [3.05, 3.63) is 59.2 Å². The van der Waals surface area contributed by atoms with E-state index in [2.05, 4.69) is 64.1 Å². The molecule has 3 nitrogen and oxygen atoms in total. The van der Waals surface area contributed by atoms with Gasteiger partial charge in [0.25, 0.3) is 0 Å². The maximum atomic E-state index is 10.5. The van der Waals surface area contributed by atoms with Crippen LogP contribution in [-0.4, -0.2) is 18.0 Å². The van der Waals surface area contributed by atoms with E-state index >= 15 is 0 Å². The lowest BCUT2D eigenvalue weighted by atomic mass is 9.76. The molecule has 0 radical (unpaired) electrons. The molecular weight excluding hydrogens is 420 g/mol. The van der Waals surface area contributed by atoms with Crippen LogP contribution in [0.15, 0.2) is 42.5 Å². The highest BCUT2D eigenvalue weighted by Gasteiger charge is 2.24. The fraction of sp³-hybridized carbons (Fsp3) is 0.613. The van der Waals surface area contributed by atoms with Crippen LogP contribution in [0.3, 0.4) is 0 Å². The summed E-state index contributed by atoms with van der Waals surface area (Å²) in [4.78, 5) is 0. The minimum atomic E-state index is -0.231. The lowest BCUT2D eigenvalue weighted by molar-refractivity contribution is -0.0685. The Hall–Kier alpha value is -2.00. The normalized spacial score (nSPS) is 21.1. The van der Waals surface area contributed by atoms with Crippen LogP contribution in [0.1, 0.15) is 120 Å². The molecule has 0 heterocycles. The summed E-state index contributed by atoms with van der Waals surface area (Å²) >= 11 is 0. The quantitative estimate of drug-likeness (QED) is 0.251. The van der Waals surface area contributed by atoms with Crippen LogP contribution in [0, 0.1) is 5.92 Å². The zero-order valence-electron chi connectivity index (χ0n) is 22.1. The summed E-state index contributed by atoms with van der Waals surface area (Å²) in [6.45, 7) is 11.7. The van der Waals surface area contributed by atoms with Crippen LogP contribution in [0.2, 0.25) is 0 Å². The number of rotatable bonds is 12.